The quantitative estimate of drug-likeness (QED) is 0.850. The first-order valence-electron chi connectivity index (χ1n) is 6.86. The Balaban J connectivity index is 1.82. The minimum atomic E-state index is -0.664. The first kappa shape index (κ1) is 13.6. The Labute approximate surface area is 112 Å². The standard InChI is InChI=1S/C15H23NOS/c1-12-3-2-4-15(11-12)18(17)10-9-13-5-7-14(16)8-6-13/h5-8,12,15H,2-4,9-11,16H2,1H3. The number of aryl methyl sites for hydroxylation is 1. The highest BCUT2D eigenvalue weighted by molar-refractivity contribution is 7.85. The third-order valence-corrected chi connectivity index (χ3v) is 5.61. The van der Waals surface area contributed by atoms with E-state index in [-0.39, 0.29) is 0 Å². The number of benzene rings is 1. The Bertz CT molecular complexity index is 401. The van der Waals surface area contributed by atoms with Gasteiger partial charge in [-0.3, -0.25) is 4.21 Å². The van der Waals surface area contributed by atoms with E-state index < -0.39 is 10.8 Å². The summed E-state index contributed by atoms with van der Waals surface area (Å²) >= 11 is 0. The second kappa shape index (κ2) is 6.37. The molecule has 2 N–H and O–H groups in total. The van der Waals surface area contributed by atoms with E-state index in [1.165, 1.54) is 18.4 Å². The average molecular weight is 265 g/mol. The molecule has 3 heteroatoms. The first-order chi connectivity index (χ1) is 8.65. The summed E-state index contributed by atoms with van der Waals surface area (Å²) in [4.78, 5) is 0. The molecule has 0 aliphatic heterocycles. The number of nitrogen functional groups attached to an aromatic ring is 1. The Hall–Kier alpha value is -0.830. The van der Waals surface area contributed by atoms with E-state index in [0.717, 1.165) is 36.6 Å². The molecule has 0 spiro atoms. The summed E-state index contributed by atoms with van der Waals surface area (Å²) in [5.74, 6) is 1.55. The van der Waals surface area contributed by atoms with Crippen molar-refractivity contribution >= 4 is 16.5 Å². The molecule has 3 atom stereocenters. The van der Waals surface area contributed by atoms with Crippen LogP contribution in [0.15, 0.2) is 24.3 Å². The summed E-state index contributed by atoms with van der Waals surface area (Å²) in [5, 5.41) is 0.433. The number of rotatable bonds is 4. The molecule has 3 unspecified atom stereocenters. The van der Waals surface area contributed by atoms with Gasteiger partial charge in [0.2, 0.25) is 0 Å². The van der Waals surface area contributed by atoms with Gasteiger partial charge in [-0.25, -0.2) is 0 Å². The van der Waals surface area contributed by atoms with Crippen molar-refractivity contribution in [2.45, 2.75) is 44.3 Å². The van der Waals surface area contributed by atoms with Gasteiger partial charge in [0.05, 0.1) is 0 Å². The van der Waals surface area contributed by atoms with Gasteiger partial charge in [0, 0.05) is 27.5 Å². The van der Waals surface area contributed by atoms with Crippen molar-refractivity contribution in [1.29, 1.82) is 0 Å². The SMILES string of the molecule is CC1CCCC(S(=O)CCc2ccc(N)cc2)C1. The summed E-state index contributed by atoms with van der Waals surface area (Å²) in [6, 6.07) is 7.91. The van der Waals surface area contributed by atoms with E-state index in [0.29, 0.717) is 5.25 Å². The second-order valence-electron chi connectivity index (χ2n) is 5.47. The largest absolute Gasteiger partial charge is 0.399 e. The van der Waals surface area contributed by atoms with Crippen LogP contribution >= 0.6 is 0 Å². The minimum absolute atomic E-state index is 0.433. The summed E-state index contributed by atoms with van der Waals surface area (Å²) in [5.41, 5.74) is 7.68. The zero-order valence-corrected chi connectivity index (χ0v) is 11.9. The van der Waals surface area contributed by atoms with E-state index in [1.807, 2.05) is 24.3 Å². The monoisotopic (exact) mass is 265 g/mol. The molecule has 0 aromatic heterocycles. The van der Waals surface area contributed by atoms with Gasteiger partial charge in [-0.05, 0) is 42.9 Å². The van der Waals surface area contributed by atoms with Gasteiger partial charge in [0.25, 0.3) is 0 Å². The lowest BCUT2D eigenvalue weighted by atomic mass is 9.91. The summed E-state index contributed by atoms with van der Waals surface area (Å²) < 4.78 is 12.3. The maximum absolute atomic E-state index is 12.3. The minimum Gasteiger partial charge on any atom is -0.399 e. The highest BCUT2D eigenvalue weighted by Crippen LogP contribution is 2.27. The van der Waals surface area contributed by atoms with Crippen LogP contribution in [0.5, 0.6) is 0 Å². The van der Waals surface area contributed by atoms with Gasteiger partial charge < -0.3 is 5.73 Å². The molecule has 1 fully saturated rings. The predicted octanol–water partition coefficient (Wildman–Crippen LogP) is 3.14. The van der Waals surface area contributed by atoms with Gasteiger partial charge >= 0.3 is 0 Å². The highest BCUT2D eigenvalue weighted by atomic mass is 32.2. The van der Waals surface area contributed by atoms with Crippen molar-refractivity contribution in [3.05, 3.63) is 29.8 Å². The molecule has 2 nitrogen and oxygen atoms in total. The number of hydrogen-bond donors (Lipinski definition) is 1. The zero-order chi connectivity index (χ0) is 13.0. The lowest BCUT2D eigenvalue weighted by molar-refractivity contribution is 0.389. The van der Waals surface area contributed by atoms with Crippen LogP contribution in [0.3, 0.4) is 0 Å². The molecule has 0 amide bonds. The molecular weight excluding hydrogens is 242 g/mol. The number of hydrogen-bond acceptors (Lipinski definition) is 2. The fraction of sp³-hybridized carbons (Fsp3) is 0.600. The molecule has 100 valence electrons. The van der Waals surface area contributed by atoms with Gasteiger partial charge in [-0.1, -0.05) is 31.9 Å². The molecule has 1 aromatic carbocycles. The smallest absolute Gasteiger partial charge is 0.0350 e. The molecule has 1 aromatic rings. The van der Waals surface area contributed by atoms with Crippen LogP contribution in [0.4, 0.5) is 5.69 Å². The van der Waals surface area contributed by atoms with Crippen LogP contribution in [0.2, 0.25) is 0 Å². The molecule has 0 radical (unpaired) electrons. The molecular formula is C15H23NOS. The molecule has 1 saturated carbocycles. The normalized spacial score (nSPS) is 25.8. The van der Waals surface area contributed by atoms with Crippen LogP contribution in [0.1, 0.15) is 38.2 Å². The molecule has 0 heterocycles. The van der Waals surface area contributed by atoms with E-state index in [2.05, 4.69) is 6.92 Å². The molecule has 0 saturated heterocycles. The van der Waals surface area contributed by atoms with Crippen LogP contribution in [-0.4, -0.2) is 15.2 Å². The van der Waals surface area contributed by atoms with Crippen molar-refractivity contribution in [2.24, 2.45) is 5.92 Å². The maximum Gasteiger partial charge on any atom is 0.0350 e. The van der Waals surface area contributed by atoms with Crippen LogP contribution in [0, 0.1) is 5.92 Å². The Morgan fingerprint density at radius 2 is 2.00 bits per heavy atom. The van der Waals surface area contributed by atoms with Crippen molar-refractivity contribution in [1.82, 2.24) is 0 Å². The van der Waals surface area contributed by atoms with Gasteiger partial charge in [0.15, 0.2) is 0 Å². The van der Waals surface area contributed by atoms with E-state index in [9.17, 15) is 4.21 Å². The lowest BCUT2D eigenvalue weighted by Gasteiger charge is -2.26. The number of nitrogens with two attached hydrogens (primary N) is 1. The third-order valence-electron chi connectivity index (χ3n) is 3.83. The second-order valence-corrected chi connectivity index (χ2v) is 7.31. The molecule has 0 bridgehead atoms. The fourth-order valence-corrected chi connectivity index (χ4v) is 4.43. The first-order valence-corrected chi connectivity index (χ1v) is 8.25. The Kier molecular flexibility index (Phi) is 4.81. The van der Waals surface area contributed by atoms with Gasteiger partial charge in [0.1, 0.15) is 0 Å². The van der Waals surface area contributed by atoms with Crippen molar-refractivity contribution in [3.8, 4) is 0 Å². The summed E-state index contributed by atoms with van der Waals surface area (Å²) in [6.45, 7) is 2.28. The van der Waals surface area contributed by atoms with E-state index in [4.69, 9.17) is 5.73 Å². The zero-order valence-electron chi connectivity index (χ0n) is 11.1. The fourth-order valence-electron chi connectivity index (χ4n) is 2.69. The topological polar surface area (TPSA) is 43.1 Å². The maximum atomic E-state index is 12.3. The van der Waals surface area contributed by atoms with Gasteiger partial charge in [-0.15, -0.1) is 0 Å². The Morgan fingerprint density at radius 1 is 1.28 bits per heavy atom. The summed E-state index contributed by atoms with van der Waals surface area (Å²) in [7, 11) is -0.664. The van der Waals surface area contributed by atoms with Crippen molar-refractivity contribution < 1.29 is 4.21 Å². The van der Waals surface area contributed by atoms with E-state index >= 15 is 0 Å². The molecule has 18 heavy (non-hydrogen) atoms. The van der Waals surface area contributed by atoms with E-state index in [1.54, 1.807) is 0 Å². The average Bonchev–Trinajstić information content (AvgIpc) is 2.38. The highest BCUT2D eigenvalue weighted by Gasteiger charge is 2.23. The van der Waals surface area contributed by atoms with Crippen LogP contribution in [0.25, 0.3) is 0 Å². The van der Waals surface area contributed by atoms with Crippen LogP contribution < -0.4 is 5.73 Å². The number of anilines is 1. The van der Waals surface area contributed by atoms with Crippen LogP contribution in [-0.2, 0) is 17.2 Å². The predicted molar refractivity (Wildman–Crippen MR) is 79.0 cm³/mol. The van der Waals surface area contributed by atoms with Gasteiger partial charge in [-0.2, -0.15) is 0 Å². The lowest BCUT2D eigenvalue weighted by Crippen LogP contribution is -2.25. The summed E-state index contributed by atoms with van der Waals surface area (Å²) in [6.07, 6.45) is 5.76. The Morgan fingerprint density at radius 3 is 2.67 bits per heavy atom. The molecule has 1 aliphatic carbocycles. The third kappa shape index (κ3) is 3.84. The molecule has 2 rings (SSSR count). The molecule has 1 aliphatic rings. The van der Waals surface area contributed by atoms with Crippen molar-refractivity contribution in [2.75, 3.05) is 11.5 Å². The van der Waals surface area contributed by atoms with Crippen molar-refractivity contribution in [3.63, 3.8) is 0 Å².